The predicted molar refractivity (Wildman–Crippen MR) is 133 cm³/mol. The molecule has 0 unspecified atom stereocenters. The van der Waals surface area contributed by atoms with E-state index in [9.17, 15) is 18.5 Å². The Morgan fingerprint density at radius 2 is 1.77 bits per heavy atom. The van der Waals surface area contributed by atoms with Crippen LogP contribution in [0.5, 0.6) is 0 Å². The monoisotopic (exact) mass is 490 g/mol. The molecule has 1 N–H and O–H groups in total. The largest absolute Gasteiger partial charge is 0.298 e. The molecule has 178 valence electrons. The molecule has 2 aromatic carbocycles. The van der Waals surface area contributed by atoms with Crippen molar-refractivity contribution in [3.8, 4) is 11.3 Å². The van der Waals surface area contributed by atoms with Crippen LogP contribution in [0.2, 0.25) is 0 Å². The Morgan fingerprint density at radius 1 is 1.03 bits per heavy atom. The lowest BCUT2D eigenvalue weighted by Gasteiger charge is -2.15. The normalized spacial score (nSPS) is 14.6. The number of fused-ring (bicyclic) bond motifs is 1. The first-order valence-corrected chi connectivity index (χ1v) is 12.5. The zero-order valence-electron chi connectivity index (χ0n) is 18.6. The van der Waals surface area contributed by atoms with E-state index >= 15 is 0 Å². The fraction of sp³-hybridized carbons (Fsp3) is 0.167. The first kappa shape index (κ1) is 22.7. The summed E-state index contributed by atoms with van der Waals surface area (Å²) in [6.45, 7) is 0.840. The van der Waals surface area contributed by atoms with E-state index in [1.807, 2.05) is 59.1 Å². The number of nitrogens with one attached hydrogen (secondary N) is 1. The molecule has 4 aromatic rings. The molecular formula is C24H22N6O4S. The second-order valence-electron chi connectivity index (χ2n) is 8.06. The van der Waals surface area contributed by atoms with E-state index in [0.717, 1.165) is 30.1 Å². The summed E-state index contributed by atoms with van der Waals surface area (Å²) in [6, 6.07) is 19.1. The van der Waals surface area contributed by atoms with Gasteiger partial charge in [-0.2, -0.15) is 9.41 Å². The van der Waals surface area contributed by atoms with E-state index < -0.39 is 14.9 Å². The van der Waals surface area contributed by atoms with Crippen LogP contribution < -0.4 is 5.43 Å². The number of hydrogen-bond acceptors (Lipinski definition) is 7. The lowest BCUT2D eigenvalue weighted by atomic mass is 10.1. The van der Waals surface area contributed by atoms with Crippen LogP contribution in [0.4, 0.5) is 11.4 Å². The lowest BCUT2D eigenvalue weighted by molar-refractivity contribution is -0.384. The van der Waals surface area contributed by atoms with Crippen LogP contribution in [-0.2, 0) is 10.0 Å². The number of nitrogens with zero attached hydrogens (tertiary/aromatic N) is 5. The van der Waals surface area contributed by atoms with Gasteiger partial charge in [-0.25, -0.2) is 13.4 Å². The highest BCUT2D eigenvalue weighted by Gasteiger charge is 2.29. The van der Waals surface area contributed by atoms with Crippen LogP contribution in [0, 0.1) is 10.1 Å². The number of hydrazone groups is 1. The Morgan fingerprint density at radius 3 is 2.51 bits per heavy atom. The second-order valence-corrected chi connectivity index (χ2v) is 10.00. The van der Waals surface area contributed by atoms with Crippen LogP contribution in [0.25, 0.3) is 16.9 Å². The zero-order chi connectivity index (χ0) is 24.4. The maximum Gasteiger partial charge on any atom is 0.295 e. The highest BCUT2D eigenvalue weighted by atomic mass is 32.2. The van der Waals surface area contributed by atoms with Crippen molar-refractivity contribution in [1.29, 1.82) is 0 Å². The van der Waals surface area contributed by atoms with Gasteiger partial charge in [0.25, 0.3) is 5.69 Å². The lowest BCUT2D eigenvalue weighted by Crippen LogP contribution is -2.27. The Hall–Kier alpha value is -4.09. The van der Waals surface area contributed by atoms with E-state index in [4.69, 9.17) is 4.98 Å². The van der Waals surface area contributed by atoms with Crippen molar-refractivity contribution in [2.45, 2.75) is 17.7 Å². The molecule has 0 amide bonds. The Balaban J connectivity index is 1.48. The van der Waals surface area contributed by atoms with Gasteiger partial charge in [0.15, 0.2) is 0 Å². The number of nitro benzene ring substituents is 1. The van der Waals surface area contributed by atoms with Crippen LogP contribution >= 0.6 is 0 Å². The third-order valence-corrected chi connectivity index (χ3v) is 7.75. The van der Waals surface area contributed by atoms with Gasteiger partial charge in [-0.3, -0.25) is 19.9 Å². The number of nitro groups is 1. The van der Waals surface area contributed by atoms with Crippen molar-refractivity contribution >= 4 is 33.3 Å². The molecule has 0 saturated carbocycles. The zero-order valence-corrected chi connectivity index (χ0v) is 19.4. The summed E-state index contributed by atoms with van der Waals surface area (Å²) in [6.07, 6.45) is 4.96. The number of hydrogen-bond donors (Lipinski definition) is 1. The Bertz CT molecular complexity index is 1530. The molecule has 2 aromatic heterocycles. The molecule has 0 spiro atoms. The van der Waals surface area contributed by atoms with E-state index in [2.05, 4.69) is 10.5 Å². The third-order valence-electron chi connectivity index (χ3n) is 5.85. The van der Waals surface area contributed by atoms with Crippen molar-refractivity contribution in [1.82, 2.24) is 13.7 Å². The minimum atomic E-state index is -3.78. The maximum atomic E-state index is 12.8. The van der Waals surface area contributed by atoms with Gasteiger partial charge in [-0.15, -0.1) is 0 Å². The summed E-state index contributed by atoms with van der Waals surface area (Å²) in [4.78, 5) is 15.7. The van der Waals surface area contributed by atoms with Gasteiger partial charge < -0.3 is 0 Å². The van der Waals surface area contributed by atoms with Gasteiger partial charge in [0.2, 0.25) is 10.0 Å². The summed E-state index contributed by atoms with van der Waals surface area (Å²) < 4.78 is 28.9. The third kappa shape index (κ3) is 4.38. The quantitative estimate of drug-likeness (QED) is 0.236. The van der Waals surface area contributed by atoms with Crippen molar-refractivity contribution < 1.29 is 13.3 Å². The Labute approximate surface area is 201 Å². The van der Waals surface area contributed by atoms with Crippen molar-refractivity contribution in [3.05, 3.63) is 88.7 Å². The number of benzene rings is 2. The maximum absolute atomic E-state index is 12.8. The first-order chi connectivity index (χ1) is 16.9. The van der Waals surface area contributed by atoms with Crippen LogP contribution in [0.1, 0.15) is 18.5 Å². The molecule has 0 atom stereocenters. The summed E-state index contributed by atoms with van der Waals surface area (Å²) >= 11 is 0. The summed E-state index contributed by atoms with van der Waals surface area (Å²) in [5.41, 5.74) is 5.45. The fourth-order valence-electron chi connectivity index (χ4n) is 4.10. The first-order valence-electron chi connectivity index (χ1n) is 11.1. The average molecular weight is 491 g/mol. The van der Waals surface area contributed by atoms with Crippen LogP contribution in [0.3, 0.4) is 0 Å². The van der Waals surface area contributed by atoms with E-state index in [1.54, 1.807) is 6.21 Å². The molecule has 1 aliphatic rings. The average Bonchev–Trinajstić information content (AvgIpc) is 3.54. The number of pyridine rings is 1. The van der Waals surface area contributed by atoms with Gasteiger partial charge in [-0.1, -0.05) is 36.4 Å². The smallest absolute Gasteiger partial charge is 0.295 e. The minimum Gasteiger partial charge on any atom is -0.298 e. The molecule has 0 bridgehead atoms. The molecule has 5 rings (SSSR count). The van der Waals surface area contributed by atoms with Crippen molar-refractivity contribution in [2.24, 2.45) is 5.10 Å². The molecule has 3 heterocycles. The molecule has 0 radical (unpaired) electrons. The second kappa shape index (κ2) is 9.28. The molecule has 35 heavy (non-hydrogen) atoms. The molecule has 1 saturated heterocycles. The molecule has 1 aliphatic heterocycles. The topological polar surface area (TPSA) is 122 Å². The van der Waals surface area contributed by atoms with Crippen LogP contribution in [0.15, 0.2) is 82.9 Å². The van der Waals surface area contributed by atoms with E-state index in [0.29, 0.717) is 24.5 Å². The van der Waals surface area contributed by atoms with Crippen molar-refractivity contribution in [3.63, 3.8) is 0 Å². The van der Waals surface area contributed by atoms with Gasteiger partial charge in [0.05, 0.1) is 27.4 Å². The SMILES string of the molecule is O=[N+]([O-])c1cc(S(=O)(=O)N2CCCC2)ccc1NN=Cc1c(-c2ccccc2)nc2ccccn12. The number of sulfonamides is 1. The highest BCUT2D eigenvalue weighted by molar-refractivity contribution is 7.89. The van der Waals surface area contributed by atoms with Gasteiger partial charge >= 0.3 is 0 Å². The van der Waals surface area contributed by atoms with E-state index in [-0.39, 0.29) is 16.3 Å². The number of aromatic nitrogens is 2. The summed E-state index contributed by atoms with van der Waals surface area (Å²) in [5, 5.41) is 16.0. The van der Waals surface area contributed by atoms with Gasteiger partial charge in [0, 0.05) is 30.9 Å². The predicted octanol–water partition coefficient (Wildman–Crippen LogP) is 4.14. The van der Waals surface area contributed by atoms with E-state index in [1.165, 1.54) is 16.4 Å². The van der Waals surface area contributed by atoms with Gasteiger partial charge in [0.1, 0.15) is 11.3 Å². The molecule has 1 fully saturated rings. The minimum absolute atomic E-state index is 0.0849. The molecule has 10 nitrogen and oxygen atoms in total. The van der Waals surface area contributed by atoms with Crippen LogP contribution in [-0.4, -0.2) is 46.3 Å². The van der Waals surface area contributed by atoms with Crippen molar-refractivity contribution in [2.75, 3.05) is 18.5 Å². The molecular weight excluding hydrogens is 468 g/mol. The summed E-state index contributed by atoms with van der Waals surface area (Å²) in [5.74, 6) is 0. The number of anilines is 1. The standard InChI is InChI=1S/C24H22N6O4S/c31-30(32)21-16-19(35(33,34)28-13-6-7-14-28)11-12-20(21)27-25-17-22-24(18-8-2-1-3-9-18)26-23-10-4-5-15-29(22)23/h1-5,8-12,15-17,27H,6-7,13-14H2. The number of imidazole rings is 1. The van der Waals surface area contributed by atoms with Gasteiger partial charge in [-0.05, 0) is 37.1 Å². The Kier molecular flexibility index (Phi) is 6.01. The summed E-state index contributed by atoms with van der Waals surface area (Å²) in [7, 11) is -3.78. The molecule has 11 heteroatoms. The fourth-order valence-corrected chi connectivity index (χ4v) is 5.64. The highest BCUT2D eigenvalue weighted by Crippen LogP contribution is 2.30. The number of rotatable bonds is 7. The molecule has 0 aliphatic carbocycles.